The lowest BCUT2D eigenvalue weighted by Gasteiger charge is -1.98. The molecule has 0 fully saturated rings. The molecule has 0 bridgehead atoms. The molecule has 0 amide bonds. The molecule has 0 aliphatic carbocycles. The molecule has 0 atom stereocenters. The van der Waals surface area contributed by atoms with Crippen LogP contribution in [0.1, 0.15) is 16.1 Å². The van der Waals surface area contributed by atoms with Crippen LogP contribution in [0.5, 0.6) is 0 Å². The fraction of sp³-hybridized carbons (Fsp3) is 0.125. The number of hydrogen-bond acceptors (Lipinski definition) is 6. The summed E-state index contributed by atoms with van der Waals surface area (Å²) in [5, 5.41) is 19.6. The summed E-state index contributed by atoms with van der Waals surface area (Å²) in [6, 6.07) is 1.83. The summed E-state index contributed by atoms with van der Waals surface area (Å²) < 4.78 is 2.31. The third-order valence-corrected chi connectivity index (χ3v) is 1.94. The second-order valence-corrected chi connectivity index (χ2v) is 3.05. The van der Waals surface area contributed by atoms with Gasteiger partial charge in [-0.05, 0) is 0 Å². The fourth-order valence-electron chi connectivity index (χ4n) is 1.16. The quantitative estimate of drug-likeness (QED) is 0.665. The van der Waals surface area contributed by atoms with Gasteiger partial charge in [0.25, 0.3) is 0 Å². The largest absolute Gasteiger partial charge is 0.382 e. The topological polar surface area (TPSA) is 115 Å². The highest BCUT2D eigenvalue weighted by Crippen LogP contribution is 2.10. The maximum atomic E-state index is 11.8. The molecule has 0 spiro atoms. The van der Waals surface area contributed by atoms with E-state index in [9.17, 15) is 4.79 Å². The Bertz CT molecular complexity index is 588. The average Bonchev–Trinajstić information content (AvgIpc) is 2.84. The van der Waals surface area contributed by atoms with Gasteiger partial charge in [0.15, 0.2) is 5.69 Å². The molecule has 8 nitrogen and oxygen atoms in total. The van der Waals surface area contributed by atoms with E-state index in [2.05, 4.69) is 15.4 Å². The predicted octanol–water partition coefficient (Wildman–Crippen LogP) is -0.846. The normalized spacial score (nSPS) is 10.0. The maximum Gasteiger partial charge on any atom is 0.302 e. The van der Waals surface area contributed by atoms with Crippen molar-refractivity contribution in [2.45, 2.75) is 0 Å². The zero-order valence-corrected chi connectivity index (χ0v) is 8.32. The molecule has 2 aromatic rings. The zero-order chi connectivity index (χ0) is 11.7. The van der Waals surface area contributed by atoms with Gasteiger partial charge in [-0.25, -0.2) is 0 Å². The minimum Gasteiger partial charge on any atom is -0.382 e. The number of carbonyl (C=O) groups excluding carboxylic acids is 1. The summed E-state index contributed by atoms with van der Waals surface area (Å²) in [5.74, 6) is -0.523. The first kappa shape index (κ1) is 9.85. The number of aryl methyl sites for hydroxylation is 1. The van der Waals surface area contributed by atoms with E-state index in [0.29, 0.717) is 0 Å². The number of nitrogen functional groups attached to an aromatic ring is 1. The monoisotopic (exact) mass is 217 g/mol. The first-order chi connectivity index (χ1) is 7.63. The van der Waals surface area contributed by atoms with Crippen LogP contribution < -0.4 is 5.73 Å². The smallest absolute Gasteiger partial charge is 0.302 e. The number of nitrogens with two attached hydrogens (primary N) is 1. The summed E-state index contributed by atoms with van der Waals surface area (Å²) in [7, 11) is 1.64. The predicted molar refractivity (Wildman–Crippen MR) is 52.1 cm³/mol. The molecule has 0 aromatic carbocycles. The molecule has 2 rings (SSSR count). The number of aromatic nitrogens is 5. The van der Waals surface area contributed by atoms with Gasteiger partial charge in [-0.15, -0.1) is 5.10 Å². The van der Waals surface area contributed by atoms with Gasteiger partial charge in [-0.3, -0.25) is 9.48 Å². The van der Waals surface area contributed by atoms with Gasteiger partial charge < -0.3 is 5.73 Å². The van der Waals surface area contributed by atoms with Crippen molar-refractivity contribution in [3.05, 3.63) is 23.7 Å². The van der Waals surface area contributed by atoms with Crippen LogP contribution in [-0.4, -0.2) is 30.7 Å². The Balaban J connectivity index is 2.42. The van der Waals surface area contributed by atoms with Crippen molar-refractivity contribution >= 4 is 11.7 Å². The van der Waals surface area contributed by atoms with E-state index in [0.717, 1.165) is 4.68 Å². The molecular formula is C8H7N7O. The highest BCUT2D eigenvalue weighted by molar-refractivity contribution is 5.95. The molecule has 2 heterocycles. The van der Waals surface area contributed by atoms with E-state index < -0.39 is 5.91 Å². The SMILES string of the molecule is Cn1cc(C(=O)n2ncc(C#N)c2N)nn1. The lowest BCUT2D eigenvalue weighted by Crippen LogP contribution is -2.16. The molecule has 80 valence electrons. The second-order valence-electron chi connectivity index (χ2n) is 3.05. The Morgan fingerprint density at radius 1 is 1.62 bits per heavy atom. The maximum absolute atomic E-state index is 11.8. The molecule has 0 unspecified atom stereocenters. The van der Waals surface area contributed by atoms with Crippen LogP contribution in [0.2, 0.25) is 0 Å². The van der Waals surface area contributed by atoms with Crippen molar-refractivity contribution in [1.29, 1.82) is 5.26 Å². The molecule has 0 aliphatic rings. The summed E-state index contributed by atoms with van der Waals surface area (Å²) in [6.45, 7) is 0. The van der Waals surface area contributed by atoms with E-state index >= 15 is 0 Å². The van der Waals surface area contributed by atoms with Gasteiger partial charge in [0.2, 0.25) is 0 Å². The summed E-state index contributed by atoms with van der Waals surface area (Å²) in [6.07, 6.45) is 2.67. The highest BCUT2D eigenvalue weighted by atomic mass is 16.2. The standard InChI is InChI=1S/C8H7N7O/c1-14-4-6(12-13-14)8(16)15-7(10)5(2-9)3-11-15/h3-4H,10H2,1H3. The van der Waals surface area contributed by atoms with Crippen molar-refractivity contribution in [2.24, 2.45) is 7.05 Å². The molecule has 0 saturated heterocycles. The number of nitriles is 1. The number of anilines is 1. The van der Waals surface area contributed by atoms with Gasteiger partial charge in [0.1, 0.15) is 17.5 Å². The highest BCUT2D eigenvalue weighted by Gasteiger charge is 2.17. The number of rotatable bonds is 1. The number of carbonyl (C=O) groups is 1. The number of nitrogens with zero attached hydrogens (tertiary/aromatic N) is 6. The molecule has 2 N–H and O–H groups in total. The van der Waals surface area contributed by atoms with Crippen molar-refractivity contribution in [3.63, 3.8) is 0 Å². The summed E-state index contributed by atoms with van der Waals surface area (Å²) >= 11 is 0. The van der Waals surface area contributed by atoms with Crippen molar-refractivity contribution in [1.82, 2.24) is 24.8 Å². The molecule has 0 saturated carbocycles. The lowest BCUT2D eigenvalue weighted by molar-refractivity contribution is 0.0943. The Labute approximate surface area is 89.9 Å². The van der Waals surface area contributed by atoms with Crippen LogP contribution in [-0.2, 0) is 7.05 Å². The second kappa shape index (κ2) is 3.47. The van der Waals surface area contributed by atoms with Gasteiger partial charge >= 0.3 is 5.91 Å². The fourth-order valence-corrected chi connectivity index (χ4v) is 1.16. The van der Waals surface area contributed by atoms with Crippen molar-refractivity contribution in [2.75, 3.05) is 5.73 Å². The van der Waals surface area contributed by atoms with Gasteiger partial charge in [0.05, 0.1) is 12.4 Å². The van der Waals surface area contributed by atoms with Gasteiger partial charge in [-0.1, -0.05) is 5.21 Å². The van der Waals surface area contributed by atoms with E-state index in [1.165, 1.54) is 17.1 Å². The van der Waals surface area contributed by atoms with Gasteiger partial charge in [-0.2, -0.15) is 15.0 Å². The molecule has 0 aliphatic heterocycles. The van der Waals surface area contributed by atoms with E-state index in [1.54, 1.807) is 7.05 Å². The van der Waals surface area contributed by atoms with Crippen molar-refractivity contribution < 1.29 is 4.79 Å². The average molecular weight is 217 g/mol. The first-order valence-corrected chi connectivity index (χ1v) is 4.28. The Morgan fingerprint density at radius 2 is 2.38 bits per heavy atom. The summed E-state index contributed by atoms with van der Waals surface area (Å²) in [5.41, 5.74) is 5.82. The number of hydrogen-bond donors (Lipinski definition) is 1. The Morgan fingerprint density at radius 3 is 2.88 bits per heavy atom. The molecule has 0 radical (unpaired) electrons. The van der Waals surface area contributed by atoms with Crippen LogP contribution in [0.4, 0.5) is 5.82 Å². The van der Waals surface area contributed by atoms with Crippen LogP contribution in [0.3, 0.4) is 0 Å². The molecule has 2 aromatic heterocycles. The zero-order valence-electron chi connectivity index (χ0n) is 8.32. The van der Waals surface area contributed by atoms with Crippen LogP contribution in [0.25, 0.3) is 0 Å². The minimum atomic E-state index is -0.521. The van der Waals surface area contributed by atoms with E-state index in [-0.39, 0.29) is 17.1 Å². The van der Waals surface area contributed by atoms with Crippen LogP contribution >= 0.6 is 0 Å². The molecule has 16 heavy (non-hydrogen) atoms. The van der Waals surface area contributed by atoms with Crippen LogP contribution in [0.15, 0.2) is 12.4 Å². The first-order valence-electron chi connectivity index (χ1n) is 4.28. The Hall–Kier alpha value is -2.69. The summed E-state index contributed by atoms with van der Waals surface area (Å²) in [4.78, 5) is 11.8. The van der Waals surface area contributed by atoms with Gasteiger partial charge in [0, 0.05) is 7.05 Å². The third kappa shape index (κ3) is 1.40. The van der Waals surface area contributed by atoms with Crippen molar-refractivity contribution in [3.8, 4) is 6.07 Å². The molecule has 8 heteroatoms. The van der Waals surface area contributed by atoms with E-state index in [4.69, 9.17) is 11.0 Å². The molecular weight excluding hydrogens is 210 g/mol. The van der Waals surface area contributed by atoms with E-state index in [1.807, 2.05) is 6.07 Å². The minimum absolute atomic E-state index is 0.00171. The van der Waals surface area contributed by atoms with Crippen LogP contribution in [0, 0.1) is 11.3 Å². The lowest BCUT2D eigenvalue weighted by atomic mass is 10.3. The third-order valence-electron chi connectivity index (χ3n) is 1.94. The Kier molecular flexibility index (Phi) is 2.13.